The third-order valence-corrected chi connectivity index (χ3v) is 7.32. The highest BCUT2D eigenvalue weighted by Gasteiger charge is 2.35. The van der Waals surface area contributed by atoms with Crippen molar-refractivity contribution < 1.29 is 23.8 Å². The van der Waals surface area contributed by atoms with E-state index in [0.29, 0.717) is 30.6 Å². The maximum Gasteiger partial charge on any atom is 0.341 e. The Balaban J connectivity index is 1.38. The van der Waals surface area contributed by atoms with Gasteiger partial charge < -0.3 is 14.7 Å². The van der Waals surface area contributed by atoms with Gasteiger partial charge in [0.15, 0.2) is 22.4 Å². The number of rotatable bonds is 7. The summed E-state index contributed by atoms with van der Waals surface area (Å²) in [7, 11) is 0. The molecule has 0 atom stereocenters. The molecule has 11 heteroatoms. The van der Waals surface area contributed by atoms with Gasteiger partial charge >= 0.3 is 5.97 Å². The first kappa shape index (κ1) is 22.6. The first-order chi connectivity index (χ1) is 16.4. The lowest BCUT2D eigenvalue weighted by atomic mass is 9.88. The molecule has 1 N–H and O–H groups in total. The van der Waals surface area contributed by atoms with E-state index >= 15 is 0 Å². The van der Waals surface area contributed by atoms with Crippen molar-refractivity contribution in [1.29, 1.82) is 0 Å². The molecule has 5 heterocycles. The maximum absolute atomic E-state index is 15.0. The molecule has 5 rings (SSSR count). The topological polar surface area (TPSA) is 115 Å². The predicted molar refractivity (Wildman–Crippen MR) is 123 cm³/mol. The van der Waals surface area contributed by atoms with Crippen LogP contribution < -0.4 is 10.3 Å². The average molecular weight is 487 g/mol. The molecule has 3 aromatic rings. The van der Waals surface area contributed by atoms with Crippen LogP contribution >= 0.6 is 11.3 Å². The molecule has 0 radical (unpaired) electrons. The number of ether oxygens (including phenoxy) is 1. The highest BCUT2D eigenvalue weighted by atomic mass is 32.1. The molecule has 9 nitrogen and oxygen atoms in total. The molecule has 0 saturated carbocycles. The first-order valence-electron chi connectivity index (χ1n) is 11.2. The number of aromatic carboxylic acids is 1. The molecule has 34 heavy (non-hydrogen) atoms. The Bertz CT molecular complexity index is 1300. The summed E-state index contributed by atoms with van der Waals surface area (Å²) in [5, 5.41) is 11.4. The number of ketones is 1. The molecular formula is C23H23FN4O5S. The minimum atomic E-state index is -1.41. The van der Waals surface area contributed by atoms with Gasteiger partial charge in [-0.15, -0.1) is 11.3 Å². The van der Waals surface area contributed by atoms with Crippen molar-refractivity contribution in [3.8, 4) is 5.13 Å². The zero-order valence-electron chi connectivity index (χ0n) is 18.3. The van der Waals surface area contributed by atoms with Crippen LogP contribution in [0.5, 0.6) is 0 Å². The molecule has 0 aromatic carbocycles. The van der Waals surface area contributed by atoms with Crippen LogP contribution in [0, 0.1) is 17.7 Å². The van der Waals surface area contributed by atoms with E-state index in [1.54, 1.807) is 16.5 Å². The molecule has 0 bridgehead atoms. The van der Waals surface area contributed by atoms with E-state index in [2.05, 4.69) is 9.97 Å². The molecule has 2 fully saturated rings. The molecule has 0 spiro atoms. The van der Waals surface area contributed by atoms with Crippen LogP contribution in [0.3, 0.4) is 0 Å². The van der Waals surface area contributed by atoms with Crippen LogP contribution in [0.4, 0.5) is 10.2 Å². The Morgan fingerprint density at radius 3 is 2.71 bits per heavy atom. The number of nitrogens with zero attached hydrogens (tertiary/aromatic N) is 4. The Kier molecular flexibility index (Phi) is 6.13. The largest absolute Gasteiger partial charge is 0.477 e. The second-order valence-electron chi connectivity index (χ2n) is 8.69. The van der Waals surface area contributed by atoms with Gasteiger partial charge in [0.25, 0.3) is 0 Å². The summed E-state index contributed by atoms with van der Waals surface area (Å²) in [4.78, 5) is 47.1. The van der Waals surface area contributed by atoms with Gasteiger partial charge in [-0.3, -0.25) is 14.2 Å². The van der Waals surface area contributed by atoms with Gasteiger partial charge in [0.1, 0.15) is 11.3 Å². The highest BCUT2D eigenvalue weighted by molar-refractivity contribution is 7.12. The highest BCUT2D eigenvalue weighted by Crippen LogP contribution is 2.30. The summed E-state index contributed by atoms with van der Waals surface area (Å²) in [5.74, 6) is -1.58. The lowest BCUT2D eigenvalue weighted by Gasteiger charge is -2.39. The number of hydrogen-bond acceptors (Lipinski definition) is 8. The summed E-state index contributed by atoms with van der Waals surface area (Å²) in [6.07, 6.45) is 6.05. The van der Waals surface area contributed by atoms with Gasteiger partial charge in [-0.2, -0.15) is 0 Å². The summed E-state index contributed by atoms with van der Waals surface area (Å²) >= 11 is 1.23. The van der Waals surface area contributed by atoms with Gasteiger partial charge in [0, 0.05) is 50.5 Å². The van der Waals surface area contributed by atoms with Gasteiger partial charge in [0.05, 0.1) is 11.3 Å². The number of Topliss-reactive ketones (excluding diaryl/α,β-unsaturated/α-hetero) is 1. The molecule has 0 unspecified atom stereocenters. The Labute approximate surface area is 197 Å². The second-order valence-corrected chi connectivity index (χ2v) is 9.56. The molecular weight excluding hydrogens is 463 g/mol. The number of thiazole rings is 1. The monoisotopic (exact) mass is 486 g/mol. The summed E-state index contributed by atoms with van der Waals surface area (Å²) in [6, 6.07) is 1.02. The molecule has 3 aromatic heterocycles. The SMILES string of the molecule is O=C(O)c1cn(-c2nccs2)c2nc(N3CC(C(=O)CCC4CCOCC4)C3)c(F)cc2c1=O. The Morgan fingerprint density at radius 1 is 1.26 bits per heavy atom. The van der Waals surface area contributed by atoms with E-state index in [-0.39, 0.29) is 28.6 Å². The number of carboxylic acids is 1. The third-order valence-electron chi connectivity index (χ3n) is 6.55. The number of anilines is 1. The molecule has 2 saturated heterocycles. The van der Waals surface area contributed by atoms with Crippen molar-refractivity contribution in [2.45, 2.75) is 25.7 Å². The number of pyridine rings is 2. The van der Waals surface area contributed by atoms with Crippen LogP contribution in [0.1, 0.15) is 36.0 Å². The Morgan fingerprint density at radius 2 is 2.03 bits per heavy atom. The average Bonchev–Trinajstić information content (AvgIpc) is 3.33. The number of hydrogen-bond donors (Lipinski definition) is 1. The van der Waals surface area contributed by atoms with Crippen molar-refractivity contribution in [2.24, 2.45) is 11.8 Å². The lowest BCUT2D eigenvalue weighted by molar-refractivity contribution is -0.124. The summed E-state index contributed by atoms with van der Waals surface area (Å²) < 4.78 is 21.7. The van der Waals surface area contributed by atoms with Gasteiger partial charge in [-0.1, -0.05) is 0 Å². The van der Waals surface area contributed by atoms with Gasteiger partial charge in [0.2, 0.25) is 5.43 Å². The zero-order valence-corrected chi connectivity index (χ0v) is 19.1. The van der Waals surface area contributed by atoms with E-state index in [0.717, 1.165) is 38.5 Å². The maximum atomic E-state index is 15.0. The van der Waals surface area contributed by atoms with Gasteiger partial charge in [-0.05, 0) is 31.2 Å². The zero-order chi connectivity index (χ0) is 23.8. The summed E-state index contributed by atoms with van der Waals surface area (Å²) in [6.45, 7) is 2.22. The molecule has 0 amide bonds. The van der Waals surface area contributed by atoms with Crippen molar-refractivity contribution in [3.63, 3.8) is 0 Å². The minimum absolute atomic E-state index is 0.0359. The van der Waals surface area contributed by atoms with Crippen molar-refractivity contribution >= 4 is 39.9 Å². The number of aromatic nitrogens is 3. The van der Waals surface area contributed by atoms with E-state index in [4.69, 9.17) is 4.74 Å². The van der Waals surface area contributed by atoms with Crippen LogP contribution in [-0.4, -0.2) is 57.7 Å². The lowest BCUT2D eigenvalue weighted by Crippen LogP contribution is -2.51. The number of halogens is 1. The first-order valence-corrected chi connectivity index (χ1v) is 12.0. The minimum Gasteiger partial charge on any atom is -0.477 e. The van der Waals surface area contributed by atoms with Gasteiger partial charge in [-0.25, -0.2) is 19.2 Å². The quantitative estimate of drug-likeness (QED) is 0.542. The number of carbonyl (C=O) groups excluding carboxylic acids is 1. The van der Waals surface area contributed by atoms with Crippen LogP contribution in [0.15, 0.2) is 28.6 Å². The van der Waals surface area contributed by atoms with E-state index in [1.165, 1.54) is 22.1 Å². The fraction of sp³-hybridized carbons (Fsp3) is 0.435. The smallest absolute Gasteiger partial charge is 0.341 e. The molecule has 2 aliphatic heterocycles. The summed E-state index contributed by atoms with van der Waals surface area (Å²) in [5.41, 5.74) is -1.18. The fourth-order valence-electron chi connectivity index (χ4n) is 4.51. The van der Waals surface area contributed by atoms with Crippen LogP contribution in [0.25, 0.3) is 16.2 Å². The fourth-order valence-corrected chi connectivity index (χ4v) is 5.13. The standard InChI is InChI=1S/C23H23FN4O5S/c24-17-9-15-19(30)16(22(31)32)12-28(23-25-5-8-34-23)20(15)26-21(17)27-10-14(11-27)18(29)2-1-13-3-6-33-7-4-13/h5,8-9,12-14H,1-4,6-7,10-11H2,(H,31,32). The van der Waals surface area contributed by atoms with Crippen LogP contribution in [0.2, 0.25) is 0 Å². The van der Waals surface area contributed by atoms with Crippen molar-refractivity contribution in [3.05, 3.63) is 45.4 Å². The second kappa shape index (κ2) is 9.22. The third kappa shape index (κ3) is 4.21. The number of carbonyl (C=O) groups is 2. The van der Waals surface area contributed by atoms with Crippen molar-refractivity contribution in [2.75, 3.05) is 31.2 Å². The normalized spacial score (nSPS) is 17.1. The molecule has 2 aliphatic rings. The number of carboxylic acid groups (broad SMARTS) is 1. The Hall–Kier alpha value is -3.18. The predicted octanol–water partition coefficient (Wildman–Crippen LogP) is 2.89. The molecule has 178 valence electrons. The molecule has 0 aliphatic carbocycles. The van der Waals surface area contributed by atoms with E-state index in [9.17, 15) is 23.9 Å². The number of fused-ring (bicyclic) bond motifs is 1. The van der Waals surface area contributed by atoms with E-state index in [1.807, 2.05) is 0 Å². The van der Waals surface area contributed by atoms with Crippen molar-refractivity contribution in [1.82, 2.24) is 14.5 Å². The van der Waals surface area contributed by atoms with Crippen LogP contribution in [-0.2, 0) is 9.53 Å². The van der Waals surface area contributed by atoms with E-state index < -0.39 is 22.8 Å².